The monoisotopic (exact) mass is 308 g/mol. The molecule has 1 fully saturated rings. The lowest BCUT2D eigenvalue weighted by atomic mass is 10.0. The van der Waals surface area contributed by atoms with Crippen molar-refractivity contribution in [2.75, 3.05) is 26.2 Å². The van der Waals surface area contributed by atoms with Gasteiger partial charge in [0.1, 0.15) is 11.9 Å². The van der Waals surface area contributed by atoms with Gasteiger partial charge in [-0.2, -0.15) is 0 Å². The average Bonchev–Trinajstić information content (AvgIpc) is 2.55. The van der Waals surface area contributed by atoms with Crippen molar-refractivity contribution in [2.45, 2.75) is 52.6 Å². The summed E-state index contributed by atoms with van der Waals surface area (Å²) in [5, 5.41) is 8.97. The van der Waals surface area contributed by atoms with Crippen LogP contribution < -0.4 is 0 Å². The molecule has 0 radical (unpaired) electrons. The number of likely N-dealkylation sites (tertiary alicyclic amines) is 1. The van der Waals surface area contributed by atoms with Gasteiger partial charge in [-0.05, 0) is 37.7 Å². The number of hydrogen-bond acceptors (Lipinski definition) is 4. The van der Waals surface area contributed by atoms with Gasteiger partial charge in [-0.3, -0.25) is 4.99 Å². The van der Waals surface area contributed by atoms with E-state index in [0.717, 1.165) is 51.1 Å². The molecule has 0 aromatic carbocycles. The second-order valence-electron chi connectivity index (χ2n) is 5.90. The van der Waals surface area contributed by atoms with Gasteiger partial charge in [-0.1, -0.05) is 27.4 Å². The van der Waals surface area contributed by atoms with E-state index in [4.69, 9.17) is 9.84 Å². The maximum Gasteiger partial charge on any atom is 0.137 e. The van der Waals surface area contributed by atoms with Crippen molar-refractivity contribution in [1.82, 2.24) is 4.90 Å². The van der Waals surface area contributed by atoms with E-state index in [1.807, 2.05) is 6.20 Å². The number of β-amino-alcohol motifs (C(OH)–C–C–N with tert-alkyl or cyclic N) is 1. The first-order chi connectivity index (χ1) is 10.6. The van der Waals surface area contributed by atoms with Crippen molar-refractivity contribution in [3.05, 3.63) is 24.6 Å². The van der Waals surface area contributed by atoms with Gasteiger partial charge in [0.15, 0.2) is 0 Å². The Morgan fingerprint density at radius 3 is 2.59 bits per heavy atom. The van der Waals surface area contributed by atoms with Crippen LogP contribution in [0.15, 0.2) is 29.6 Å². The fourth-order valence-corrected chi connectivity index (χ4v) is 2.66. The SMILES string of the molecule is C=C/C(=C\N=C(/CC)C(C)CC)OC1CCN(CCO)CC1. The third-order valence-corrected chi connectivity index (χ3v) is 4.36. The summed E-state index contributed by atoms with van der Waals surface area (Å²) in [6.45, 7) is 13.3. The minimum absolute atomic E-state index is 0.225. The molecule has 126 valence electrons. The van der Waals surface area contributed by atoms with Crippen LogP contribution in [-0.2, 0) is 4.74 Å². The first-order valence-electron chi connectivity index (χ1n) is 8.53. The largest absolute Gasteiger partial charge is 0.489 e. The van der Waals surface area contributed by atoms with Gasteiger partial charge in [0, 0.05) is 25.3 Å². The van der Waals surface area contributed by atoms with Crippen molar-refractivity contribution >= 4 is 5.71 Å². The molecule has 0 bridgehead atoms. The number of aliphatic hydroxyl groups excluding tert-OH is 1. The van der Waals surface area contributed by atoms with E-state index in [0.29, 0.717) is 5.92 Å². The van der Waals surface area contributed by atoms with Crippen LogP contribution in [0.5, 0.6) is 0 Å². The van der Waals surface area contributed by atoms with Crippen LogP contribution in [-0.4, -0.2) is 48.1 Å². The number of allylic oxidation sites excluding steroid dienone is 1. The molecular weight excluding hydrogens is 276 g/mol. The van der Waals surface area contributed by atoms with Crippen LogP contribution in [0.2, 0.25) is 0 Å². The van der Waals surface area contributed by atoms with Crippen molar-refractivity contribution in [1.29, 1.82) is 0 Å². The van der Waals surface area contributed by atoms with Crippen LogP contribution >= 0.6 is 0 Å². The van der Waals surface area contributed by atoms with Crippen LogP contribution in [0.25, 0.3) is 0 Å². The Morgan fingerprint density at radius 1 is 1.41 bits per heavy atom. The molecule has 1 aliphatic rings. The predicted molar refractivity (Wildman–Crippen MR) is 93.1 cm³/mol. The summed E-state index contributed by atoms with van der Waals surface area (Å²) in [6, 6.07) is 0. The molecule has 0 amide bonds. The van der Waals surface area contributed by atoms with Crippen molar-refractivity contribution in [3.8, 4) is 0 Å². The molecule has 0 saturated carbocycles. The Labute approximate surface area is 135 Å². The van der Waals surface area contributed by atoms with Gasteiger partial charge >= 0.3 is 0 Å². The zero-order valence-electron chi connectivity index (χ0n) is 14.4. The van der Waals surface area contributed by atoms with Gasteiger partial charge in [0.2, 0.25) is 0 Å². The van der Waals surface area contributed by atoms with Crippen molar-refractivity contribution < 1.29 is 9.84 Å². The normalized spacial score (nSPS) is 20.0. The molecule has 4 nitrogen and oxygen atoms in total. The highest BCUT2D eigenvalue weighted by Crippen LogP contribution is 2.17. The van der Waals surface area contributed by atoms with Crippen LogP contribution in [0.3, 0.4) is 0 Å². The van der Waals surface area contributed by atoms with E-state index in [1.165, 1.54) is 5.71 Å². The molecule has 0 aliphatic carbocycles. The molecule has 4 heteroatoms. The third-order valence-electron chi connectivity index (χ3n) is 4.36. The summed E-state index contributed by atoms with van der Waals surface area (Å²) in [5.74, 6) is 1.27. The smallest absolute Gasteiger partial charge is 0.137 e. The number of ether oxygens (including phenoxy) is 1. The zero-order valence-corrected chi connectivity index (χ0v) is 14.4. The minimum atomic E-state index is 0.225. The summed E-state index contributed by atoms with van der Waals surface area (Å²) < 4.78 is 6.02. The summed E-state index contributed by atoms with van der Waals surface area (Å²) in [5.41, 5.74) is 1.21. The molecular formula is C18H32N2O2. The Bertz CT molecular complexity index is 383. The minimum Gasteiger partial charge on any atom is -0.489 e. The van der Waals surface area contributed by atoms with E-state index in [9.17, 15) is 0 Å². The molecule has 0 aromatic rings. The van der Waals surface area contributed by atoms with Gasteiger partial charge in [0.05, 0.1) is 12.8 Å². The van der Waals surface area contributed by atoms with Crippen LogP contribution in [0, 0.1) is 5.92 Å². The van der Waals surface area contributed by atoms with E-state index < -0.39 is 0 Å². The molecule has 1 rings (SSSR count). The van der Waals surface area contributed by atoms with E-state index in [1.54, 1.807) is 6.08 Å². The van der Waals surface area contributed by atoms with Gasteiger partial charge in [-0.15, -0.1) is 0 Å². The highest BCUT2D eigenvalue weighted by Gasteiger charge is 2.20. The molecule has 1 unspecified atom stereocenters. The lowest BCUT2D eigenvalue weighted by Crippen LogP contribution is -2.38. The zero-order chi connectivity index (χ0) is 16.4. The summed E-state index contributed by atoms with van der Waals surface area (Å²) in [7, 11) is 0. The first kappa shape index (κ1) is 18.9. The number of aliphatic imine (C=N–C) groups is 1. The number of aliphatic hydroxyl groups is 1. The van der Waals surface area contributed by atoms with Gasteiger partial charge in [0.25, 0.3) is 0 Å². The van der Waals surface area contributed by atoms with Crippen LogP contribution in [0.4, 0.5) is 0 Å². The lowest BCUT2D eigenvalue weighted by molar-refractivity contribution is 0.0496. The average molecular weight is 308 g/mol. The third kappa shape index (κ3) is 6.32. The molecule has 1 atom stereocenters. The van der Waals surface area contributed by atoms with E-state index in [2.05, 4.69) is 37.2 Å². The maximum atomic E-state index is 8.97. The molecule has 22 heavy (non-hydrogen) atoms. The van der Waals surface area contributed by atoms with E-state index >= 15 is 0 Å². The molecule has 1 N–H and O–H groups in total. The standard InChI is InChI=1S/C18H32N2O2/c1-5-15(4)18(7-3)19-14-16(6-2)22-17-8-10-20(11-9-17)12-13-21/h6,14-15,17,21H,2,5,7-13H2,1,3-4H3/b16-14+,19-18+. The number of hydrogen-bond donors (Lipinski definition) is 1. The second-order valence-corrected chi connectivity index (χ2v) is 5.90. The number of nitrogens with zero attached hydrogens (tertiary/aromatic N) is 2. The molecule has 1 aliphatic heterocycles. The Hall–Kier alpha value is -1.13. The molecule has 0 spiro atoms. The number of rotatable bonds is 9. The Balaban J connectivity index is 2.56. The predicted octanol–water partition coefficient (Wildman–Crippen LogP) is 3.38. The quantitative estimate of drug-likeness (QED) is 0.403. The molecule has 1 saturated heterocycles. The second kappa shape index (κ2) is 10.6. The molecule has 0 aromatic heterocycles. The first-order valence-corrected chi connectivity index (χ1v) is 8.53. The lowest BCUT2D eigenvalue weighted by Gasteiger charge is -2.31. The fourth-order valence-electron chi connectivity index (χ4n) is 2.66. The van der Waals surface area contributed by atoms with Gasteiger partial charge in [-0.25, -0.2) is 0 Å². The Kier molecular flexibility index (Phi) is 9.09. The van der Waals surface area contributed by atoms with Crippen molar-refractivity contribution in [3.63, 3.8) is 0 Å². The van der Waals surface area contributed by atoms with Crippen LogP contribution in [0.1, 0.15) is 46.5 Å². The highest BCUT2D eigenvalue weighted by molar-refractivity contribution is 5.86. The van der Waals surface area contributed by atoms with Crippen molar-refractivity contribution in [2.24, 2.45) is 10.9 Å². The van der Waals surface area contributed by atoms with Gasteiger partial charge < -0.3 is 14.7 Å². The summed E-state index contributed by atoms with van der Waals surface area (Å²) in [4.78, 5) is 6.88. The fraction of sp³-hybridized carbons (Fsp3) is 0.722. The van der Waals surface area contributed by atoms with E-state index in [-0.39, 0.29) is 12.7 Å². The summed E-state index contributed by atoms with van der Waals surface area (Å²) in [6.07, 6.45) is 7.83. The number of piperidine rings is 1. The maximum absolute atomic E-state index is 8.97. The highest BCUT2D eigenvalue weighted by atomic mass is 16.5. The molecule has 1 heterocycles. The Morgan fingerprint density at radius 2 is 2.09 bits per heavy atom. The topological polar surface area (TPSA) is 45.1 Å². The summed E-state index contributed by atoms with van der Waals surface area (Å²) >= 11 is 0.